The number of aryl methyl sites for hydroxylation is 1. The lowest BCUT2D eigenvalue weighted by Crippen LogP contribution is -2.66. The number of unbranched alkanes of at least 4 members (excludes halogenated alkanes) is 15. The van der Waals surface area contributed by atoms with Crippen LogP contribution in [0.25, 0.3) is 0 Å². The van der Waals surface area contributed by atoms with Gasteiger partial charge in [-0.1, -0.05) is 116 Å². The highest BCUT2D eigenvalue weighted by molar-refractivity contribution is 5.66. The first-order valence-electron chi connectivity index (χ1n) is 31.1. The molecule has 3 fully saturated rings. The van der Waals surface area contributed by atoms with E-state index in [-0.39, 0.29) is 36.9 Å². The zero-order valence-corrected chi connectivity index (χ0v) is 52.1. The Morgan fingerprint density at radius 2 is 1.01 bits per heavy atom. The summed E-state index contributed by atoms with van der Waals surface area (Å²) >= 11 is 0. The summed E-state index contributed by atoms with van der Waals surface area (Å²) in [5.74, 6) is 0.491. The second-order valence-corrected chi connectivity index (χ2v) is 23.1. The van der Waals surface area contributed by atoms with E-state index < -0.39 is 92.1 Å². The number of aliphatic hydroxyl groups excluding tert-OH is 3. The molecule has 476 valence electrons. The molecule has 4 unspecified atom stereocenters. The standard InChI is InChI=1S/C63H110O19/c1-13-50(70-8)41(2)31-29-30-34-49(78-45(6)65)39-48(77-44(5)64)33-28-26-24-22-20-18-16-14-15-17-19-21-23-25-27-32-46-35-37-47(38-36-46)79-63-60(57(72-10)52(66)42(3)75-63)82-62-59(74-12)58(73-11)55(43(4)76-62)81-61-54(68)56(71-9)53(67)51(80-61)40-69-7/h35-38,41-43,48-63,66-68H,13-34,39-40H2,1-12H3/t41?,42-,43-,48?,49?,50?,51+,52-,53+,54+,55-,56-,57+,58+,59+,60+,61+,62-,63-/m0/s1. The number of ether oxygens (including phenoxy) is 14. The van der Waals surface area contributed by atoms with E-state index in [1.807, 2.05) is 12.1 Å². The smallest absolute Gasteiger partial charge is 0.302 e. The minimum atomic E-state index is -1.35. The van der Waals surface area contributed by atoms with Gasteiger partial charge < -0.3 is 81.6 Å². The summed E-state index contributed by atoms with van der Waals surface area (Å²) in [6.07, 6.45) is 10.9. The van der Waals surface area contributed by atoms with Crippen molar-refractivity contribution in [2.75, 3.05) is 49.3 Å². The van der Waals surface area contributed by atoms with Crippen LogP contribution in [-0.2, 0) is 77.6 Å². The van der Waals surface area contributed by atoms with E-state index >= 15 is 0 Å². The average molecular weight is 1170 g/mol. The normalized spacial score (nSPS) is 30.1. The van der Waals surface area contributed by atoms with Crippen molar-refractivity contribution in [3.63, 3.8) is 0 Å². The lowest BCUT2D eigenvalue weighted by Gasteiger charge is -2.49. The van der Waals surface area contributed by atoms with Gasteiger partial charge in [0, 0.05) is 62.9 Å². The third kappa shape index (κ3) is 23.9. The Kier molecular flexibility index (Phi) is 35.0. The van der Waals surface area contributed by atoms with Crippen LogP contribution in [0.1, 0.15) is 188 Å². The van der Waals surface area contributed by atoms with Crippen molar-refractivity contribution in [3.05, 3.63) is 29.8 Å². The Hall–Kier alpha value is -2.60. The molecule has 0 radical (unpaired) electrons. The van der Waals surface area contributed by atoms with Crippen molar-refractivity contribution in [2.45, 2.75) is 300 Å². The predicted molar refractivity (Wildman–Crippen MR) is 309 cm³/mol. The van der Waals surface area contributed by atoms with Crippen LogP contribution in [0.5, 0.6) is 5.75 Å². The number of rotatable bonds is 42. The largest absolute Gasteiger partial charge is 0.462 e. The molecule has 0 aromatic heterocycles. The number of aliphatic hydroxyl groups is 3. The molecule has 19 heteroatoms. The molecule has 0 bridgehead atoms. The molecule has 3 N–H and O–H groups in total. The van der Waals surface area contributed by atoms with Crippen LogP contribution in [-0.4, -0.2) is 187 Å². The molecule has 3 aliphatic rings. The number of hydrogen-bond acceptors (Lipinski definition) is 19. The highest BCUT2D eigenvalue weighted by Crippen LogP contribution is 2.36. The topological polar surface area (TPSA) is 224 Å². The molecule has 1 aromatic carbocycles. The highest BCUT2D eigenvalue weighted by Gasteiger charge is 2.54. The molecule has 82 heavy (non-hydrogen) atoms. The Morgan fingerprint density at radius 1 is 0.524 bits per heavy atom. The van der Waals surface area contributed by atoms with Gasteiger partial charge in [-0.15, -0.1) is 0 Å². The van der Waals surface area contributed by atoms with Gasteiger partial charge in [-0.05, 0) is 88.8 Å². The number of esters is 2. The maximum Gasteiger partial charge on any atom is 0.302 e. The summed E-state index contributed by atoms with van der Waals surface area (Å²) in [6, 6.07) is 7.99. The van der Waals surface area contributed by atoms with Crippen LogP contribution < -0.4 is 4.74 Å². The average Bonchev–Trinajstić information content (AvgIpc) is 2.83. The molecule has 1 aromatic rings. The summed E-state index contributed by atoms with van der Waals surface area (Å²) in [5, 5.41) is 33.1. The van der Waals surface area contributed by atoms with E-state index in [1.165, 1.54) is 132 Å². The van der Waals surface area contributed by atoms with Crippen molar-refractivity contribution >= 4 is 11.9 Å². The Balaban J connectivity index is 1.10. The quantitative estimate of drug-likeness (QED) is 0.0409. The molecule has 3 aliphatic heterocycles. The Labute approximate surface area is 492 Å². The molecule has 0 spiro atoms. The summed E-state index contributed by atoms with van der Waals surface area (Å²) in [5.41, 5.74) is 1.22. The molecule has 3 heterocycles. The van der Waals surface area contributed by atoms with E-state index in [1.54, 1.807) is 21.0 Å². The van der Waals surface area contributed by atoms with Gasteiger partial charge in [0.05, 0.1) is 24.9 Å². The van der Waals surface area contributed by atoms with E-state index in [0.717, 1.165) is 64.2 Å². The highest BCUT2D eigenvalue weighted by atomic mass is 16.8. The zero-order valence-electron chi connectivity index (χ0n) is 52.1. The third-order valence-electron chi connectivity index (χ3n) is 16.8. The molecule has 4 rings (SSSR count). The number of benzene rings is 1. The summed E-state index contributed by atoms with van der Waals surface area (Å²) in [7, 11) is 9.14. The molecule has 0 amide bonds. The molecule has 19 nitrogen and oxygen atoms in total. The number of carbonyl (C=O) groups is 2. The first kappa shape index (κ1) is 71.9. The third-order valence-corrected chi connectivity index (χ3v) is 16.8. The van der Waals surface area contributed by atoms with Crippen LogP contribution in [0.2, 0.25) is 0 Å². The van der Waals surface area contributed by atoms with Crippen molar-refractivity contribution in [1.82, 2.24) is 0 Å². The molecular formula is C63H110O19. The minimum Gasteiger partial charge on any atom is -0.462 e. The van der Waals surface area contributed by atoms with E-state index in [2.05, 4.69) is 26.0 Å². The first-order chi connectivity index (χ1) is 39.5. The lowest BCUT2D eigenvalue weighted by molar-refractivity contribution is -0.379. The van der Waals surface area contributed by atoms with Crippen LogP contribution in [0, 0.1) is 5.92 Å². The second-order valence-electron chi connectivity index (χ2n) is 23.1. The van der Waals surface area contributed by atoms with Gasteiger partial charge in [-0.2, -0.15) is 0 Å². The van der Waals surface area contributed by atoms with Crippen LogP contribution in [0.15, 0.2) is 24.3 Å². The maximum atomic E-state index is 11.9. The molecule has 3 saturated heterocycles. The number of methoxy groups -OCH3 is 6. The van der Waals surface area contributed by atoms with Crippen molar-refractivity contribution in [3.8, 4) is 5.75 Å². The zero-order chi connectivity index (χ0) is 60.0. The SMILES string of the molecule is CCC(OC)C(C)CCCCC(CC(CCCCCCCCCCCCCCCCCc1ccc(O[C@@H]2O[C@@H](C)[C@H](O)[C@@H](OC)[C@H]2O[C@@H]2O[C@@H](C)[C@H](O[C@H]3O[C@H](COC)[C@@H](O)[C@H](OC)[C@H]3O)[C@@H](OC)[C@H]2OC)cc1)OC(C)=O)OC(C)=O. The van der Waals surface area contributed by atoms with Crippen molar-refractivity contribution < 1.29 is 91.2 Å². The molecule has 19 atom stereocenters. The lowest BCUT2D eigenvalue weighted by atomic mass is 9.94. The second kappa shape index (κ2) is 40.0. The van der Waals surface area contributed by atoms with E-state index in [0.29, 0.717) is 18.1 Å². The van der Waals surface area contributed by atoms with Crippen molar-refractivity contribution in [2.24, 2.45) is 5.92 Å². The van der Waals surface area contributed by atoms with Gasteiger partial charge in [0.2, 0.25) is 6.29 Å². The predicted octanol–water partition coefficient (Wildman–Crippen LogP) is 9.50. The molecular weight excluding hydrogens is 1060 g/mol. The fourth-order valence-electron chi connectivity index (χ4n) is 12.1. The molecule has 0 aliphatic carbocycles. The van der Waals surface area contributed by atoms with Crippen molar-refractivity contribution in [1.29, 1.82) is 0 Å². The number of hydrogen-bond donors (Lipinski definition) is 3. The van der Waals surface area contributed by atoms with E-state index in [9.17, 15) is 24.9 Å². The summed E-state index contributed by atoms with van der Waals surface area (Å²) in [6.45, 7) is 10.9. The van der Waals surface area contributed by atoms with Crippen LogP contribution >= 0.6 is 0 Å². The van der Waals surface area contributed by atoms with Gasteiger partial charge in [-0.3, -0.25) is 9.59 Å². The first-order valence-corrected chi connectivity index (χ1v) is 31.1. The van der Waals surface area contributed by atoms with E-state index in [4.69, 9.17) is 66.3 Å². The monoisotopic (exact) mass is 1170 g/mol. The van der Waals surface area contributed by atoms with Gasteiger partial charge in [0.15, 0.2) is 18.7 Å². The fraction of sp³-hybridized carbons (Fsp3) is 0.873. The molecule has 0 saturated carbocycles. The van der Waals surface area contributed by atoms with Gasteiger partial charge in [-0.25, -0.2) is 0 Å². The van der Waals surface area contributed by atoms with Crippen LogP contribution in [0.4, 0.5) is 0 Å². The van der Waals surface area contributed by atoms with Gasteiger partial charge in [0.25, 0.3) is 0 Å². The summed E-state index contributed by atoms with van der Waals surface area (Å²) < 4.78 is 83.4. The van der Waals surface area contributed by atoms with Gasteiger partial charge in [0.1, 0.15) is 72.9 Å². The maximum absolute atomic E-state index is 11.9. The Morgan fingerprint density at radius 3 is 1.51 bits per heavy atom. The number of carbonyl (C=O) groups excluding carboxylic acids is 2. The van der Waals surface area contributed by atoms with Crippen LogP contribution in [0.3, 0.4) is 0 Å². The van der Waals surface area contributed by atoms with Gasteiger partial charge >= 0.3 is 11.9 Å². The fourth-order valence-corrected chi connectivity index (χ4v) is 12.1. The minimum absolute atomic E-state index is 0.0398. The Bertz CT molecular complexity index is 1820. The summed E-state index contributed by atoms with van der Waals surface area (Å²) in [4.78, 5) is 23.9.